The van der Waals surface area contributed by atoms with E-state index in [-0.39, 0.29) is 6.54 Å². The van der Waals surface area contributed by atoms with Gasteiger partial charge in [0, 0.05) is 10.7 Å². The standard InChI is InChI=1S/C9H10ClNO2/c1-6-7(10)3-2-4-8(6)11-5-9(12)13/h2-4,11H,5H2,1H3,(H,12,13). The fourth-order valence-corrected chi connectivity index (χ4v) is 1.14. The minimum absolute atomic E-state index is 0.0960. The number of carboxylic acid groups (broad SMARTS) is 1. The Labute approximate surface area is 81.3 Å². The van der Waals surface area contributed by atoms with Crippen LogP contribution in [0.25, 0.3) is 0 Å². The number of nitrogens with one attached hydrogen (secondary N) is 1. The van der Waals surface area contributed by atoms with E-state index in [1.54, 1.807) is 18.2 Å². The molecule has 3 nitrogen and oxygen atoms in total. The van der Waals surface area contributed by atoms with Crippen LogP contribution < -0.4 is 5.32 Å². The summed E-state index contributed by atoms with van der Waals surface area (Å²) in [4.78, 5) is 10.3. The number of hydrogen-bond donors (Lipinski definition) is 2. The molecule has 0 atom stereocenters. The fraction of sp³-hybridized carbons (Fsp3) is 0.222. The molecule has 70 valence electrons. The Hall–Kier alpha value is -1.22. The van der Waals surface area contributed by atoms with Crippen LogP contribution in [0.5, 0.6) is 0 Å². The van der Waals surface area contributed by atoms with Gasteiger partial charge in [-0.05, 0) is 24.6 Å². The van der Waals surface area contributed by atoms with Crippen molar-refractivity contribution in [1.29, 1.82) is 0 Å². The first-order valence-corrected chi connectivity index (χ1v) is 4.20. The average molecular weight is 200 g/mol. The summed E-state index contributed by atoms with van der Waals surface area (Å²) in [6.45, 7) is 1.74. The molecule has 13 heavy (non-hydrogen) atoms. The lowest BCUT2D eigenvalue weighted by atomic mass is 10.2. The molecule has 0 aliphatic rings. The molecule has 0 spiro atoms. The molecule has 1 aromatic carbocycles. The van der Waals surface area contributed by atoms with Crippen molar-refractivity contribution in [3.8, 4) is 0 Å². The Bertz CT molecular complexity index is 325. The van der Waals surface area contributed by atoms with Crippen molar-refractivity contribution < 1.29 is 9.90 Å². The second kappa shape index (κ2) is 4.14. The molecule has 0 fully saturated rings. The van der Waals surface area contributed by atoms with Gasteiger partial charge in [0.1, 0.15) is 6.54 Å². The summed E-state index contributed by atoms with van der Waals surface area (Å²) in [6.07, 6.45) is 0. The van der Waals surface area contributed by atoms with E-state index in [9.17, 15) is 4.79 Å². The second-order valence-electron chi connectivity index (χ2n) is 2.66. The summed E-state index contributed by atoms with van der Waals surface area (Å²) >= 11 is 5.84. The zero-order valence-electron chi connectivity index (χ0n) is 7.17. The summed E-state index contributed by atoms with van der Waals surface area (Å²) in [5.41, 5.74) is 1.63. The lowest BCUT2D eigenvalue weighted by Crippen LogP contribution is -2.12. The first-order valence-electron chi connectivity index (χ1n) is 3.82. The van der Waals surface area contributed by atoms with E-state index >= 15 is 0 Å². The summed E-state index contributed by atoms with van der Waals surface area (Å²) in [7, 11) is 0. The van der Waals surface area contributed by atoms with Crippen LogP contribution >= 0.6 is 11.6 Å². The van der Waals surface area contributed by atoms with Gasteiger partial charge in [-0.1, -0.05) is 17.7 Å². The molecule has 1 rings (SSSR count). The molecule has 0 heterocycles. The van der Waals surface area contributed by atoms with E-state index in [4.69, 9.17) is 16.7 Å². The molecular weight excluding hydrogens is 190 g/mol. The predicted octanol–water partition coefficient (Wildman–Crippen LogP) is 2.14. The van der Waals surface area contributed by atoms with Gasteiger partial charge in [-0.2, -0.15) is 0 Å². The average Bonchev–Trinajstić information content (AvgIpc) is 2.07. The van der Waals surface area contributed by atoms with Gasteiger partial charge >= 0.3 is 5.97 Å². The highest BCUT2D eigenvalue weighted by Crippen LogP contribution is 2.22. The van der Waals surface area contributed by atoms with Gasteiger partial charge < -0.3 is 10.4 Å². The van der Waals surface area contributed by atoms with Crippen molar-refractivity contribution in [1.82, 2.24) is 0 Å². The fourth-order valence-electron chi connectivity index (χ4n) is 0.970. The van der Waals surface area contributed by atoms with E-state index < -0.39 is 5.97 Å². The molecular formula is C9H10ClNO2. The summed E-state index contributed by atoms with van der Waals surface area (Å²) in [6, 6.07) is 5.34. The maximum atomic E-state index is 10.3. The van der Waals surface area contributed by atoms with Gasteiger partial charge in [0.25, 0.3) is 0 Å². The Morgan fingerprint density at radius 3 is 2.92 bits per heavy atom. The van der Waals surface area contributed by atoms with Crippen LogP contribution in [0, 0.1) is 6.92 Å². The van der Waals surface area contributed by atoms with Crippen LogP contribution in [0.1, 0.15) is 5.56 Å². The third-order valence-corrected chi connectivity index (χ3v) is 2.11. The van der Waals surface area contributed by atoms with Crippen LogP contribution in [0.15, 0.2) is 18.2 Å². The summed E-state index contributed by atoms with van der Waals surface area (Å²) in [5, 5.41) is 11.8. The Morgan fingerprint density at radius 2 is 2.31 bits per heavy atom. The highest BCUT2D eigenvalue weighted by molar-refractivity contribution is 6.31. The molecule has 0 aliphatic carbocycles. The molecule has 0 amide bonds. The minimum Gasteiger partial charge on any atom is -0.480 e. The number of halogens is 1. The van der Waals surface area contributed by atoms with Crippen LogP contribution in [0.3, 0.4) is 0 Å². The zero-order valence-corrected chi connectivity index (χ0v) is 7.93. The van der Waals surface area contributed by atoms with Crippen LogP contribution in [0.2, 0.25) is 5.02 Å². The number of benzene rings is 1. The van der Waals surface area contributed by atoms with Crippen molar-refractivity contribution in [3.05, 3.63) is 28.8 Å². The largest absolute Gasteiger partial charge is 0.480 e. The molecule has 2 N–H and O–H groups in total. The van der Waals surface area contributed by atoms with Gasteiger partial charge in [0.2, 0.25) is 0 Å². The molecule has 0 aromatic heterocycles. The van der Waals surface area contributed by atoms with E-state index in [1.165, 1.54) is 0 Å². The molecule has 0 bridgehead atoms. The van der Waals surface area contributed by atoms with E-state index in [1.807, 2.05) is 6.92 Å². The van der Waals surface area contributed by atoms with E-state index in [2.05, 4.69) is 5.32 Å². The topological polar surface area (TPSA) is 49.3 Å². The third-order valence-electron chi connectivity index (χ3n) is 1.70. The zero-order chi connectivity index (χ0) is 9.84. The van der Waals surface area contributed by atoms with Gasteiger partial charge in [0.05, 0.1) is 0 Å². The van der Waals surface area contributed by atoms with Crippen LogP contribution in [-0.4, -0.2) is 17.6 Å². The Morgan fingerprint density at radius 1 is 1.62 bits per heavy atom. The highest BCUT2D eigenvalue weighted by atomic mass is 35.5. The monoisotopic (exact) mass is 199 g/mol. The number of anilines is 1. The van der Waals surface area contributed by atoms with Gasteiger partial charge in [-0.15, -0.1) is 0 Å². The molecule has 1 aromatic rings. The Kier molecular flexibility index (Phi) is 3.14. The van der Waals surface area contributed by atoms with E-state index in [0.717, 1.165) is 11.3 Å². The molecule has 0 radical (unpaired) electrons. The van der Waals surface area contributed by atoms with Crippen molar-refractivity contribution in [3.63, 3.8) is 0 Å². The third kappa shape index (κ3) is 2.63. The van der Waals surface area contributed by atoms with Gasteiger partial charge in [-0.3, -0.25) is 4.79 Å². The summed E-state index contributed by atoms with van der Waals surface area (Å²) < 4.78 is 0. The van der Waals surface area contributed by atoms with Crippen molar-refractivity contribution in [2.45, 2.75) is 6.92 Å². The number of carboxylic acids is 1. The minimum atomic E-state index is -0.889. The highest BCUT2D eigenvalue weighted by Gasteiger charge is 2.02. The van der Waals surface area contributed by atoms with Crippen LogP contribution in [0.4, 0.5) is 5.69 Å². The SMILES string of the molecule is Cc1c(Cl)cccc1NCC(=O)O. The van der Waals surface area contributed by atoms with E-state index in [0.29, 0.717) is 5.02 Å². The number of rotatable bonds is 3. The quantitative estimate of drug-likeness (QED) is 0.784. The van der Waals surface area contributed by atoms with Crippen LogP contribution in [-0.2, 0) is 4.79 Å². The lowest BCUT2D eigenvalue weighted by molar-refractivity contribution is -0.134. The molecule has 0 aliphatic heterocycles. The molecule has 0 saturated heterocycles. The molecule has 0 unspecified atom stereocenters. The predicted molar refractivity (Wildman–Crippen MR) is 52.3 cm³/mol. The number of hydrogen-bond acceptors (Lipinski definition) is 2. The van der Waals surface area contributed by atoms with Gasteiger partial charge in [0.15, 0.2) is 0 Å². The summed E-state index contributed by atoms with van der Waals surface area (Å²) in [5.74, 6) is -0.889. The van der Waals surface area contributed by atoms with Gasteiger partial charge in [-0.25, -0.2) is 0 Å². The Balaban J connectivity index is 2.77. The van der Waals surface area contributed by atoms with Crippen molar-refractivity contribution >= 4 is 23.3 Å². The van der Waals surface area contributed by atoms with Crippen molar-refractivity contribution in [2.24, 2.45) is 0 Å². The second-order valence-corrected chi connectivity index (χ2v) is 3.07. The first-order chi connectivity index (χ1) is 6.11. The maximum absolute atomic E-state index is 10.3. The normalized spacial score (nSPS) is 9.69. The lowest BCUT2D eigenvalue weighted by Gasteiger charge is -2.07. The first kappa shape index (κ1) is 9.86. The number of carbonyl (C=O) groups is 1. The van der Waals surface area contributed by atoms with Crippen molar-refractivity contribution in [2.75, 3.05) is 11.9 Å². The number of aliphatic carboxylic acids is 1. The molecule has 0 saturated carbocycles. The smallest absolute Gasteiger partial charge is 0.322 e. The maximum Gasteiger partial charge on any atom is 0.322 e. The molecule has 4 heteroatoms.